The van der Waals surface area contributed by atoms with E-state index < -0.39 is 40.1 Å². The van der Waals surface area contributed by atoms with Gasteiger partial charge in [-0.3, -0.25) is 0 Å². The van der Waals surface area contributed by atoms with Crippen molar-refractivity contribution in [2.75, 3.05) is 12.3 Å². The molecule has 2 rings (SSSR count). The van der Waals surface area contributed by atoms with Crippen LogP contribution >= 0.6 is 11.6 Å². The number of carbonyl (C=O) groups is 1. The van der Waals surface area contributed by atoms with E-state index in [0.29, 0.717) is 6.07 Å². The third-order valence-corrected chi connectivity index (χ3v) is 3.25. The predicted octanol–water partition coefficient (Wildman–Crippen LogP) is 3.63. The van der Waals surface area contributed by atoms with Gasteiger partial charge in [0.2, 0.25) is 0 Å². The van der Waals surface area contributed by atoms with Gasteiger partial charge in [0.1, 0.15) is 12.5 Å². The van der Waals surface area contributed by atoms with Crippen LogP contribution in [0.5, 0.6) is 0 Å². The largest absolute Gasteiger partial charge is 0.462 e. The van der Waals surface area contributed by atoms with Crippen LogP contribution < -0.4 is 5.73 Å². The van der Waals surface area contributed by atoms with Crippen molar-refractivity contribution < 1.29 is 32.2 Å². The number of nitrogen functional groups attached to an aromatic ring is 1. The Balaban J connectivity index is 2.63. The first-order valence-electron chi connectivity index (χ1n) is 6.09. The van der Waals surface area contributed by atoms with Gasteiger partial charge < -0.3 is 19.9 Å². The van der Waals surface area contributed by atoms with Crippen molar-refractivity contribution in [3.8, 4) is 0 Å². The summed E-state index contributed by atoms with van der Waals surface area (Å²) in [5.74, 6) is -0.995. The fourth-order valence-corrected chi connectivity index (χ4v) is 2.19. The van der Waals surface area contributed by atoms with Crippen LogP contribution in [0.2, 0.25) is 5.02 Å². The molecule has 0 fully saturated rings. The van der Waals surface area contributed by atoms with Crippen molar-refractivity contribution in [2.24, 2.45) is 0 Å². The fraction of sp³-hybridized carbons (Fsp3) is 0.308. The van der Waals surface area contributed by atoms with Crippen LogP contribution in [-0.4, -0.2) is 12.6 Å². The van der Waals surface area contributed by atoms with Crippen LogP contribution in [0.4, 0.5) is 18.9 Å². The summed E-state index contributed by atoms with van der Waals surface area (Å²) in [7, 11) is 0. The van der Waals surface area contributed by atoms with Gasteiger partial charge in [-0.05, 0) is 13.0 Å². The second kappa shape index (κ2) is 5.96. The second-order valence-electron chi connectivity index (χ2n) is 4.21. The first-order valence-corrected chi connectivity index (χ1v) is 6.47. The van der Waals surface area contributed by atoms with E-state index in [1.54, 1.807) is 0 Å². The lowest BCUT2D eigenvalue weighted by Gasteiger charge is -2.21. The summed E-state index contributed by atoms with van der Waals surface area (Å²) < 4.78 is 54.3. The van der Waals surface area contributed by atoms with Crippen molar-refractivity contribution in [1.82, 2.24) is 0 Å². The van der Waals surface area contributed by atoms with E-state index in [-0.39, 0.29) is 12.3 Å². The highest BCUT2D eigenvalue weighted by molar-refractivity contribution is 6.34. The minimum Gasteiger partial charge on any atom is -0.462 e. The summed E-state index contributed by atoms with van der Waals surface area (Å²) in [6, 6.07) is 0.583. The van der Waals surface area contributed by atoms with Crippen LogP contribution in [0.25, 0.3) is 0 Å². The van der Waals surface area contributed by atoms with E-state index in [0.717, 1.165) is 12.5 Å². The van der Waals surface area contributed by atoms with Gasteiger partial charge in [0.15, 0.2) is 0 Å². The van der Waals surface area contributed by atoms with E-state index >= 15 is 0 Å². The summed E-state index contributed by atoms with van der Waals surface area (Å²) in [5, 5.41) is -0.466. The van der Waals surface area contributed by atoms with Crippen LogP contribution in [-0.2, 0) is 20.4 Å². The summed E-state index contributed by atoms with van der Waals surface area (Å²) in [6.07, 6.45) is -4.01. The molecule has 2 N–H and O–H groups in total. The molecule has 0 amide bonds. The molecule has 0 atom stereocenters. The Bertz CT molecular complexity index is 623. The molecule has 1 aromatic carbocycles. The number of anilines is 1. The Morgan fingerprint density at radius 2 is 2.00 bits per heavy atom. The number of hydrogen-bond donors (Lipinski definition) is 1. The van der Waals surface area contributed by atoms with E-state index in [4.69, 9.17) is 26.8 Å². The maximum atomic E-state index is 13.3. The summed E-state index contributed by atoms with van der Waals surface area (Å²) >= 11 is 5.91. The first kappa shape index (κ1) is 16.3. The lowest BCUT2D eigenvalue weighted by Crippen LogP contribution is -2.18. The Hall–Kier alpha value is -2.09. The molecule has 0 spiro atoms. The maximum absolute atomic E-state index is 13.3. The highest BCUT2D eigenvalue weighted by Crippen LogP contribution is 2.44. The Kier molecular flexibility index (Phi) is 4.41. The molecule has 0 saturated carbocycles. The van der Waals surface area contributed by atoms with Crippen LogP contribution in [0.15, 0.2) is 18.6 Å². The average molecular weight is 338 g/mol. The highest BCUT2D eigenvalue weighted by atomic mass is 35.5. The zero-order valence-corrected chi connectivity index (χ0v) is 12.0. The quantitative estimate of drug-likeness (QED) is 0.673. The van der Waals surface area contributed by atoms with E-state index in [1.807, 2.05) is 0 Å². The zero-order valence-electron chi connectivity index (χ0n) is 11.2. The molecule has 9 heteroatoms. The van der Waals surface area contributed by atoms with Crippen LogP contribution in [0.1, 0.15) is 34.7 Å². The van der Waals surface area contributed by atoms with Gasteiger partial charge in [0.05, 0.1) is 34.0 Å². The van der Waals surface area contributed by atoms with Crippen molar-refractivity contribution >= 4 is 23.3 Å². The van der Waals surface area contributed by atoms with Crippen molar-refractivity contribution in [3.63, 3.8) is 0 Å². The Morgan fingerprint density at radius 1 is 1.41 bits per heavy atom. The van der Waals surface area contributed by atoms with Gasteiger partial charge >= 0.3 is 12.1 Å². The highest BCUT2D eigenvalue weighted by Gasteiger charge is 2.40. The maximum Gasteiger partial charge on any atom is 0.417 e. The molecule has 0 aliphatic carbocycles. The molecular weight excluding hydrogens is 327 g/mol. The number of hydrogen-bond acceptors (Lipinski definition) is 5. The second-order valence-corrected chi connectivity index (χ2v) is 4.59. The first-order chi connectivity index (χ1) is 10.3. The van der Waals surface area contributed by atoms with Crippen LogP contribution in [0.3, 0.4) is 0 Å². The number of halogens is 4. The molecular formula is C13H11ClF3NO4. The number of esters is 1. The number of nitrogens with two attached hydrogens (primary N) is 1. The Morgan fingerprint density at radius 3 is 2.50 bits per heavy atom. The SMILES string of the molecule is CCOC(=O)c1cc(C(F)(F)F)c(C2OC=CO2)c(Cl)c1N. The molecule has 0 unspecified atom stereocenters. The average Bonchev–Trinajstić information content (AvgIpc) is 2.94. The molecule has 1 aliphatic heterocycles. The monoisotopic (exact) mass is 337 g/mol. The predicted molar refractivity (Wildman–Crippen MR) is 70.9 cm³/mol. The molecule has 1 aromatic rings. The molecule has 0 bridgehead atoms. The topological polar surface area (TPSA) is 70.8 Å². The normalized spacial score (nSPS) is 14.6. The van der Waals surface area contributed by atoms with E-state index in [1.165, 1.54) is 6.92 Å². The van der Waals surface area contributed by atoms with Crippen molar-refractivity contribution in [2.45, 2.75) is 19.4 Å². The minimum atomic E-state index is -4.79. The van der Waals surface area contributed by atoms with Crippen molar-refractivity contribution in [3.05, 3.63) is 40.3 Å². The smallest absolute Gasteiger partial charge is 0.417 e. The summed E-state index contributed by atoms with van der Waals surface area (Å²) in [4.78, 5) is 11.7. The number of ether oxygens (including phenoxy) is 3. The van der Waals surface area contributed by atoms with E-state index in [9.17, 15) is 18.0 Å². The zero-order chi connectivity index (χ0) is 16.5. The molecule has 1 heterocycles. The number of alkyl halides is 3. The molecule has 0 aromatic heterocycles. The molecule has 1 aliphatic rings. The van der Waals surface area contributed by atoms with Crippen molar-refractivity contribution in [1.29, 1.82) is 0 Å². The van der Waals surface area contributed by atoms with E-state index in [2.05, 4.69) is 4.74 Å². The van der Waals surface area contributed by atoms with Gasteiger partial charge in [-0.2, -0.15) is 13.2 Å². The molecule has 0 radical (unpaired) electrons. The molecule has 120 valence electrons. The molecule has 0 saturated heterocycles. The van der Waals surface area contributed by atoms with Gasteiger partial charge in [-0.1, -0.05) is 11.6 Å². The number of rotatable bonds is 3. The lowest BCUT2D eigenvalue weighted by atomic mass is 10.0. The summed E-state index contributed by atoms with van der Waals surface area (Å²) in [5.41, 5.74) is 3.19. The lowest BCUT2D eigenvalue weighted by molar-refractivity contribution is -0.141. The standard InChI is InChI=1S/C13H11ClF3NO4/c1-2-20-11(19)6-5-7(13(15,16)17)8(9(14)10(6)18)12-21-3-4-22-12/h3-5,12H,2,18H2,1H3. The molecule has 22 heavy (non-hydrogen) atoms. The minimum absolute atomic E-state index is 0.0161. The van der Waals surface area contributed by atoms with Gasteiger partial charge in [0, 0.05) is 0 Å². The van der Waals surface area contributed by atoms with Crippen LogP contribution in [0, 0.1) is 0 Å². The Labute approximate surface area is 128 Å². The van der Waals surface area contributed by atoms with Gasteiger partial charge in [-0.15, -0.1) is 0 Å². The van der Waals surface area contributed by atoms with Gasteiger partial charge in [0.25, 0.3) is 6.29 Å². The molecule has 5 nitrogen and oxygen atoms in total. The summed E-state index contributed by atoms with van der Waals surface area (Å²) in [6.45, 7) is 1.50. The number of benzene rings is 1. The van der Waals surface area contributed by atoms with Gasteiger partial charge in [-0.25, -0.2) is 4.79 Å². The third kappa shape index (κ3) is 2.92. The fourth-order valence-electron chi connectivity index (χ4n) is 1.90. The number of carbonyl (C=O) groups excluding carboxylic acids is 1. The third-order valence-electron chi connectivity index (χ3n) is 2.84.